The summed E-state index contributed by atoms with van der Waals surface area (Å²) >= 11 is 0. The number of hydrogen-bond donors (Lipinski definition) is 4. The van der Waals surface area contributed by atoms with Crippen LogP contribution in [0.4, 0.5) is 9.59 Å². The zero-order valence-electron chi connectivity index (χ0n) is 22.9. The van der Waals surface area contributed by atoms with Crippen molar-refractivity contribution >= 4 is 28.6 Å². The Labute approximate surface area is 233 Å². The summed E-state index contributed by atoms with van der Waals surface area (Å²) in [6.45, 7) is 4.17. The highest BCUT2D eigenvalue weighted by atomic mass is 32.3. The molecule has 0 saturated heterocycles. The van der Waals surface area contributed by atoms with Crippen molar-refractivity contribution in [1.29, 1.82) is 0 Å². The van der Waals surface area contributed by atoms with Gasteiger partial charge in [-0.3, -0.25) is 0 Å². The van der Waals surface area contributed by atoms with Crippen LogP contribution in [-0.4, -0.2) is 91.5 Å². The van der Waals surface area contributed by atoms with Gasteiger partial charge in [-0.25, -0.2) is 18.6 Å². The molecule has 0 heterocycles. The van der Waals surface area contributed by atoms with Crippen molar-refractivity contribution < 1.29 is 55.2 Å². The molecule has 0 spiro atoms. The van der Waals surface area contributed by atoms with Gasteiger partial charge in [0.15, 0.2) is 0 Å². The van der Waals surface area contributed by atoms with Crippen molar-refractivity contribution in [3.05, 3.63) is 29.3 Å². The minimum atomic E-state index is -4.50. The molecule has 228 valence electrons. The van der Waals surface area contributed by atoms with E-state index in [0.717, 1.165) is 0 Å². The summed E-state index contributed by atoms with van der Waals surface area (Å²) in [5.41, 5.74) is 5.57. The number of nitrogens with two attached hydrogens (primary N) is 1. The van der Waals surface area contributed by atoms with Gasteiger partial charge in [0.2, 0.25) is 0 Å². The fraction of sp³-hybridized carbons (Fsp3) is 0.625. The Balaban J connectivity index is 2.83. The largest absolute Gasteiger partial charge is 0.467 e. The number of methoxy groups -OCH3 is 1. The summed E-state index contributed by atoms with van der Waals surface area (Å²) in [6.07, 6.45) is -1.39. The molecule has 0 fully saturated rings. The SMILES string of the molecule is COC(=O)COCCc1cc(COC(=O)NCCOCCN)ccc1OS(=O)(=O)OCC(C)(C)CCNC(=O)O. The van der Waals surface area contributed by atoms with E-state index in [9.17, 15) is 22.8 Å². The molecule has 0 aliphatic heterocycles. The van der Waals surface area contributed by atoms with Crippen LogP contribution in [0.1, 0.15) is 31.4 Å². The number of rotatable bonds is 20. The number of nitrogens with one attached hydrogen (secondary N) is 2. The summed E-state index contributed by atoms with van der Waals surface area (Å²) < 4.78 is 55.5. The predicted octanol–water partition coefficient (Wildman–Crippen LogP) is 0.944. The van der Waals surface area contributed by atoms with Crippen LogP contribution in [0.5, 0.6) is 5.75 Å². The Hall–Kier alpha value is -3.18. The average Bonchev–Trinajstić information content (AvgIpc) is 2.89. The molecule has 15 nitrogen and oxygen atoms in total. The molecule has 1 aromatic carbocycles. The fourth-order valence-electron chi connectivity index (χ4n) is 2.95. The highest BCUT2D eigenvalue weighted by molar-refractivity contribution is 7.82. The van der Waals surface area contributed by atoms with E-state index >= 15 is 0 Å². The Morgan fingerprint density at radius 2 is 1.80 bits per heavy atom. The van der Waals surface area contributed by atoms with Crippen LogP contribution in [0.25, 0.3) is 0 Å². The fourth-order valence-corrected chi connectivity index (χ4v) is 3.85. The summed E-state index contributed by atoms with van der Waals surface area (Å²) in [6, 6.07) is 4.48. The first-order chi connectivity index (χ1) is 18.9. The van der Waals surface area contributed by atoms with Crippen LogP contribution >= 0.6 is 0 Å². The normalized spacial score (nSPS) is 11.5. The van der Waals surface area contributed by atoms with E-state index in [1.807, 2.05) is 0 Å². The number of carbonyl (C=O) groups is 3. The summed E-state index contributed by atoms with van der Waals surface area (Å²) in [4.78, 5) is 33.8. The molecule has 0 radical (unpaired) electrons. The van der Waals surface area contributed by atoms with Gasteiger partial charge in [0.05, 0.1) is 33.5 Å². The number of esters is 1. The van der Waals surface area contributed by atoms with Crippen molar-refractivity contribution in [3.63, 3.8) is 0 Å². The van der Waals surface area contributed by atoms with Crippen molar-refractivity contribution in [2.75, 3.05) is 59.8 Å². The maximum absolute atomic E-state index is 12.6. The number of amides is 2. The van der Waals surface area contributed by atoms with Crippen LogP contribution in [0.3, 0.4) is 0 Å². The van der Waals surface area contributed by atoms with E-state index in [0.29, 0.717) is 30.7 Å². The molecule has 40 heavy (non-hydrogen) atoms. The first-order valence-corrected chi connectivity index (χ1v) is 13.7. The van der Waals surface area contributed by atoms with Crippen molar-refractivity contribution in [1.82, 2.24) is 10.6 Å². The molecule has 0 saturated carbocycles. The topological polar surface area (TPSA) is 211 Å². The second kappa shape index (κ2) is 18.2. The molecule has 5 N–H and O–H groups in total. The minimum Gasteiger partial charge on any atom is -0.467 e. The number of ether oxygens (including phenoxy) is 4. The quantitative estimate of drug-likeness (QED) is 0.123. The first-order valence-electron chi connectivity index (χ1n) is 12.4. The van der Waals surface area contributed by atoms with Gasteiger partial charge in [0, 0.05) is 19.6 Å². The van der Waals surface area contributed by atoms with Crippen molar-refractivity contribution in [2.45, 2.75) is 33.3 Å². The van der Waals surface area contributed by atoms with Gasteiger partial charge in [-0.2, -0.15) is 8.42 Å². The maximum Gasteiger partial charge on any atom is 0.449 e. The zero-order valence-corrected chi connectivity index (χ0v) is 23.8. The van der Waals surface area contributed by atoms with Gasteiger partial charge in [-0.05, 0) is 41.5 Å². The predicted molar refractivity (Wildman–Crippen MR) is 141 cm³/mol. The lowest BCUT2D eigenvalue weighted by Gasteiger charge is -2.23. The Morgan fingerprint density at radius 1 is 1.05 bits per heavy atom. The molecule has 0 aliphatic rings. The molecule has 0 aliphatic carbocycles. The monoisotopic (exact) mass is 593 g/mol. The molecule has 1 aromatic rings. The summed E-state index contributed by atoms with van der Waals surface area (Å²) in [5, 5.41) is 13.4. The van der Waals surface area contributed by atoms with E-state index in [1.165, 1.54) is 19.2 Å². The number of alkyl carbamates (subject to hydrolysis) is 1. The van der Waals surface area contributed by atoms with Gasteiger partial charge >= 0.3 is 28.6 Å². The van der Waals surface area contributed by atoms with Gasteiger partial charge in [0.25, 0.3) is 0 Å². The Bertz CT molecular complexity index is 1050. The Kier molecular flexibility index (Phi) is 15.9. The maximum atomic E-state index is 12.6. The lowest BCUT2D eigenvalue weighted by molar-refractivity contribution is -0.145. The molecule has 1 rings (SSSR count). The number of carboxylic acid groups (broad SMARTS) is 1. The second-order valence-corrected chi connectivity index (χ2v) is 10.3. The van der Waals surface area contributed by atoms with Gasteiger partial charge in [0.1, 0.15) is 19.0 Å². The highest BCUT2D eigenvalue weighted by Crippen LogP contribution is 2.26. The molecule has 0 unspecified atom stereocenters. The number of carbonyl (C=O) groups excluding carboxylic acids is 2. The number of benzene rings is 1. The third kappa shape index (κ3) is 16.0. The lowest BCUT2D eigenvalue weighted by Crippen LogP contribution is -2.30. The standard InChI is InChI=1S/C24H39N3O12S/c1-24(2,7-9-26-22(29)30)17-38-40(32,33)39-20-5-4-18(14-19(20)6-11-36-16-21(28)34-3)15-37-23(31)27-10-13-35-12-8-25/h4-5,14,26H,6-13,15-17,25H2,1-3H3,(H,27,31)(H,29,30). The third-order valence-electron chi connectivity index (χ3n) is 5.10. The molecule has 0 aromatic heterocycles. The molecular weight excluding hydrogens is 554 g/mol. The molecule has 0 bridgehead atoms. The molecular formula is C24H39N3O12S. The average molecular weight is 594 g/mol. The minimum absolute atomic E-state index is 0.0313. The van der Waals surface area contributed by atoms with Crippen molar-refractivity contribution in [3.8, 4) is 5.75 Å². The Morgan fingerprint density at radius 3 is 2.48 bits per heavy atom. The molecule has 16 heteroatoms. The summed E-state index contributed by atoms with van der Waals surface area (Å²) in [7, 11) is -3.28. The van der Waals surface area contributed by atoms with E-state index < -0.39 is 34.0 Å². The lowest BCUT2D eigenvalue weighted by atomic mass is 9.91. The van der Waals surface area contributed by atoms with Crippen LogP contribution < -0.4 is 20.6 Å². The molecule has 2 amide bonds. The first kappa shape index (κ1) is 34.8. The van der Waals surface area contributed by atoms with E-state index in [1.54, 1.807) is 19.9 Å². The molecule has 0 atom stereocenters. The van der Waals surface area contributed by atoms with Gasteiger partial charge < -0.3 is 44.6 Å². The van der Waals surface area contributed by atoms with Gasteiger partial charge in [-0.1, -0.05) is 19.9 Å². The van der Waals surface area contributed by atoms with E-state index in [4.69, 9.17) is 33.4 Å². The van der Waals surface area contributed by atoms with Crippen LogP contribution in [-0.2, 0) is 51.4 Å². The van der Waals surface area contributed by atoms with Crippen LogP contribution in [0.15, 0.2) is 18.2 Å². The van der Waals surface area contributed by atoms with E-state index in [-0.39, 0.29) is 58.3 Å². The second-order valence-electron chi connectivity index (χ2n) is 9.12. The smallest absolute Gasteiger partial charge is 0.449 e. The van der Waals surface area contributed by atoms with Crippen LogP contribution in [0, 0.1) is 5.41 Å². The highest BCUT2D eigenvalue weighted by Gasteiger charge is 2.25. The zero-order chi connectivity index (χ0) is 30.0. The van der Waals surface area contributed by atoms with Gasteiger partial charge in [-0.15, -0.1) is 0 Å². The van der Waals surface area contributed by atoms with Crippen molar-refractivity contribution in [2.24, 2.45) is 11.1 Å². The van der Waals surface area contributed by atoms with Crippen LogP contribution in [0.2, 0.25) is 0 Å². The third-order valence-corrected chi connectivity index (χ3v) is 5.89. The number of hydrogen-bond acceptors (Lipinski definition) is 12. The van der Waals surface area contributed by atoms with E-state index in [2.05, 4.69) is 15.4 Å². The summed E-state index contributed by atoms with van der Waals surface area (Å²) in [5.74, 6) is -0.618.